The second-order valence-corrected chi connectivity index (χ2v) is 3.19. The van der Waals surface area contributed by atoms with Gasteiger partial charge in [0.05, 0.1) is 7.11 Å². The molecule has 0 heterocycles. The second-order valence-electron chi connectivity index (χ2n) is 3.19. The molecule has 0 unspecified atom stereocenters. The van der Waals surface area contributed by atoms with Crippen LogP contribution in [0.15, 0.2) is 42.1 Å². The highest BCUT2D eigenvalue weighted by molar-refractivity contribution is 5.87. The molecule has 0 aliphatic heterocycles. The van der Waals surface area contributed by atoms with E-state index in [4.69, 9.17) is 0 Å². The molecule has 1 aromatic carbocycles. The molecule has 0 saturated heterocycles. The van der Waals surface area contributed by atoms with E-state index in [-0.39, 0.29) is 5.97 Å². The Bertz CT molecular complexity index is 344. The molecule has 0 amide bonds. The quantitative estimate of drug-likeness (QED) is 0.602. The van der Waals surface area contributed by atoms with Crippen molar-refractivity contribution in [3.05, 3.63) is 47.7 Å². The molecule has 0 radical (unpaired) electrons. The van der Waals surface area contributed by atoms with Crippen molar-refractivity contribution in [1.82, 2.24) is 5.32 Å². The molecule has 1 N–H and O–H groups in total. The van der Waals surface area contributed by atoms with E-state index in [1.54, 1.807) is 13.1 Å². The van der Waals surface area contributed by atoms with Crippen LogP contribution in [0, 0.1) is 0 Å². The van der Waals surface area contributed by atoms with Gasteiger partial charge in [0, 0.05) is 18.3 Å². The summed E-state index contributed by atoms with van der Waals surface area (Å²) in [5.41, 5.74) is 1.74. The zero-order chi connectivity index (χ0) is 11.1. The molecule has 0 fully saturated rings. The summed E-state index contributed by atoms with van der Waals surface area (Å²) >= 11 is 0. The number of rotatable bonds is 4. The maximum atomic E-state index is 11.0. The maximum Gasteiger partial charge on any atom is 0.334 e. The molecule has 0 saturated carbocycles. The lowest BCUT2D eigenvalue weighted by atomic mass is 10.2. The second kappa shape index (κ2) is 5.86. The largest absolute Gasteiger partial charge is 0.466 e. The average Bonchev–Trinajstić information content (AvgIpc) is 2.29. The lowest BCUT2D eigenvalue weighted by Gasteiger charge is -2.02. The van der Waals surface area contributed by atoms with Crippen LogP contribution in [0.2, 0.25) is 0 Å². The van der Waals surface area contributed by atoms with Crippen LogP contribution in [0.25, 0.3) is 0 Å². The molecule has 15 heavy (non-hydrogen) atoms. The molecule has 0 atom stereocenters. The van der Waals surface area contributed by atoms with Gasteiger partial charge in [-0.2, -0.15) is 0 Å². The SMILES string of the molecule is COC(=O)/C(C)=C/NCc1ccccc1. The number of carbonyl (C=O) groups excluding carboxylic acids is 1. The summed E-state index contributed by atoms with van der Waals surface area (Å²) in [6, 6.07) is 9.98. The molecule has 0 spiro atoms. The van der Waals surface area contributed by atoms with Crippen molar-refractivity contribution >= 4 is 5.97 Å². The Balaban J connectivity index is 2.42. The van der Waals surface area contributed by atoms with E-state index in [9.17, 15) is 4.79 Å². The molecule has 0 bridgehead atoms. The summed E-state index contributed by atoms with van der Waals surface area (Å²) in [5, 5.41) is 3.05. The van der Waals surface area contributed by atoms with Gasteiger partial charge >= 0.3 is 5.97 Å². The number of hydrogen-bond acceptors (Lipinski definition) is 3. The first-order valence-corrected chi connectivity index (χ1v) is 4.76. The van der Waals surface area contributed by atoms with E-state index >= 15 is 0 Å². The van der Waals surface area contributed by atoms with Crippen LogP contribution < -0.4 is 5.32 Å². The monoisotopic (exact) mass is 205 g/mol. The van der Waals surface area contributed by atoms with Crippen molar-refractivity contribution in [2.45, 2.75) is 13.5 Å². The van der Waals surface area contributed by atoms with E-state index in [1.807, 2.05) is 30.3 Å². The highest BCUT2D eigenvalue weighted by Crippen LogP contribution is 1.98. The first-order chi connectivity index (χ1) is 7.24. The van der Waals surface area contributed by atoms with Gasteiger partial charge in [0.1, 0.15) is 0 Å². The zero-order valence-corrected chi connectivity index (χ0v) is 8.99. The lowest BCUT2D eigenvalue weighted by Crippen LogP contribution is -2.09. The van der Waals surface area contributed by atoms with E-state index < -0.39 is 0 Å². The molecule has 0 aliphatic rings. The molecule has 3 heteroatoms. The Morgan fingerprint density at radius 3 is 2.67 bits per heavy atom. The van der Waals surface area contributed by atoms with Gasteiger partial charge in [-0.05, 0) is 12.5 Å². The normalized spacial score (nSPS) is 10.9. The fourth-order valence-electron chi connectivity index (χ4n) is 1.14. The van der Waals surface area contributed by atoms with Crippen LogP contribution >= 0.6 is 0 Å². The number of hydrogen-bond donors (Lipinski definition) is 1. The standard InChI is InChI=1S/C12H15NO2/c1-10(12(14)15-2)8-13-9-11-6-4-3-5-7-11/h3-8,13H,9H2,1-2H3/b10-8+. The number of nitrogens with one attached hydrogen (secondary N) is 1. The average molecular weight is 205 g/mol. The lowest BCUT2D eigenvalue weighted by molar-refractivity contribution is -0.136. The first kappa shape index (κ1) is 11.3. The van der Waals surface area contributed by atoms with Gasteiger partial charge in [0.25, 0.3) is 0 Å². The topological polar surface area (TPSA) is 38.3 Å². The van der Waals surface area contributed by atoms with Gasteiger partial charge in [0.2, 0.25) is 0 Å². The van der Waals surface area contributed by atoms with E-state index in [1.165, 1.54) is 12.7 Å². The highest BCUT2D eigenvalue weighted by Gasteiger charge is 2.01. The predicted octanol–water partition coefficient (Wildman–Crippen LogP) is 1.85. The summed E-state index contributed by atoms with van der Waals surface area (Å²) in [5.74, 6) is -0.310. The minimum atomic E-state index is -0.310. The summed E-state index contributed by atoms with van der Waals surface area (Å²) in [4.78, 5) is 11.0. The Morgan fingerprint density at radius 1 is 1.40 bits per heavy atom. The predicted molar refractivity (Wildman–Crippen MR) is 59.1 cm³/mol. The van der Waals surface area contributed by atoms with Gasteiger partial charge in [-0.3, -0.25) is 0 Å². The highest BCUT2D eigenvalue weighted by atomic mass is 16.5. The first-order valence-electron chi connectivity index (χ1n) is 4.76. The summed E-state index contributed by atoms with van der Waals surface area (Å²) < 4.78 is 4.57. The van der Waals surface area contributed by atoms with E-state index in [2.05, 4.69) is 10.1 Å². The smallest absolute Gasteiger partial charge is 0.334 e. The third kappa shape index (κ3) is 3.85. The van der Waals surface area contributed by atoms with Gasteiger partial charge in [-0.25, -0.2) is 4.79 Å². The van der Waals surface area contributed by atoms with Gasteiger partial charge in [-0.15, -0.1) is 0 Å². The molecule has 0 aliphatic carbocycles. The maximum absolute atomic E-state index is 11.0. The van der Waals surface area contributed by atoms with Crippen LogP contribution in [0.4, 0.5) is 0 Å². The molecule has 0 aromatic heterocycles. The molecule has 3 nitrogen and oxygen atoms in total. The van der Waals surface area contributed by atoms with Crippen molar-refractivity contribution < 1.29 is 9.53 Å². The van der Waals surface area contributed by atoms with Crippen molar-refractivity contribution in [1.29, 1.82) is 0 Å². The minimum absolute atomic E-state index is 0.310. The Morgan fingerprint density at radius 2 is 2.07 bits per heavy atom. The van der Waals surface area contributed by atoms with Crippen LogP contribution in [0.5, 0.6) is 0 Å². The third-order valence-corrected chi connectivity index (χ3v) is 1.97. The summed E-state index contributed by atoms with van der Waals surface area (Å²) in [6.07, 6.45) is 1.67. The fraction of sp³-hybridized carbons (Fsp3) is 0.250. The van der Waals surface area contributed by atoms with Crippen LogP contribution in [-0.4, -0.2) is 13.1 Å². The van der Waals surface area contributed by atoms with Crippen molar-refractivity contribution in [3.63, 3.8) is 0 Å². The van der Waals surface area contributed by atoms with Crippen molar-refractivity contribution in [2.24, 2.45) is 0 Å². The van der Waals surface area contributed by atoms with Gasteiger partial charge in [-0.1, -0.05) is 30.3 Å². The van der Waals surface area contributed by atoms with E-state index in [0.29, 0.717) is 12.1 Å². The summed E-state index contributed by atoms with van der Waals surface area (Å²) in [7, 11) is 1.37. The van der Waals surface area contributed by atoms with Gasteiger partial charge < -0.3 is 10.1 Å². The van der Waals surface area contributed by atoms with Crippen LogP contribution in [-0.2, 0) is 16.1 Å². The summed E-state index contributed by atoms with van der Waals surface area (Å²) in [6.45, 7) is 2.42. The molecule has 1 aromatic rings. The van der Waals surface area contributed by atoms with Crippen LogP contribution in [0.1, 0.15) is 12.5 Å². The third-order valence-electron chi connectivity index (χ3n) is 1.97. The molecular weight excluding hydrogens is 190 g/mol. The Kier molecular flexibility index (Phi) is 4.41. The number of esters is 1. The minimum Gasteiger partial charge on any atom is -0.466 e. The number of methoxy groups -OCH3 is 1. The molecular formula is C12H15NO2. The number of ether oxygens (including phenoxy) is 1. The Hall–Kier alpha value is -1.77. The molecule has 1 rings (SSSR count). The van der Waals surface area contributed by atoms with Crippen molar-refractivity contribution in [2.75, 3.05) is 7.11 Å². The zero-order valence-electron chi connectivity index (χ0n) is 8.99. The number of benzene rings is 1. The van der Waals surface area contributed by atoms with Crippen LogP contribution in [0.3, 0.4) is 0 Å². The van der Waals surface area contributed by atoms with Gasteiger partial charge in [0.15, 0.2) is 0 Å². The fourth-order valence-corrected chi connectivity index (χ4v) is 1.14. The Labute approximate surface area is 89.8 Å². The van der Waals surface area contributed by atoms with E-state index in [0.717, 1.165) is 0 Å². The number of carbonyl (C=O) groups is 1. The van der Waals surface area contributed by atoms with Crippen molar-refractivity contribution in [3.8, 4) is 0 Å². The molecule has 80 valence electrons.